The molecule has 4 heteroatoms. The maximum Gasteiger partial charge on any atom is 0.346 e. The molecule has 0 saturated carbocycles. The number of halogens is 1. The highest BCUT2D eigenvalue weighted by Crippen LogP contribution is 2.11. The van der Waals surface area contributed by atoms with Gasteiger partial charge in [-0.1, -0.05) is 36.4 Å². The molecule has 1 aliphatic heterocycles. The van der Waals surface area contributed by atoms with E-state index in [1.807, 2.05) is 30.3 Å². The monoisotopic (exact) mass is 236 g/mol. The quantitative estimate of drug-likeness (QED) is 0.584. The van der Waals surface area contributed by atoms with E-state index in [1.165, 1.54) is 6.08 Å². The number of benzene rings is 1. The van der Waals surface area contributed by atoms with Crippen LogP contribution in [0.3, 0.4) is 0 Å². The Balaban J connectivity index is 0.00000128. The summed E-state index contributed by atoms with van der Waals surface area (Å²) in [7, 11) is 0. The SMILES string of the molecule is Cl.O=C1C=C(C=Cc2ccccc2)C(=O)O1. The molecule has 82 valence electrons. The van der Waals surface area contributed by atoms with Crippen molar-refractivity contribution in [1.29, 1.82) is 0 Å². The van der Waals surface area contributed by atoms with E-state index in [2.05, 4.69) is 4.74 Å². The number of ether oxygens (including phenoxy) is 1. The van der Waals surface area contributed by atoms with Crippen molar-refractivity contribution in [2.24, 2.45) is 0 Å². The normalized spacial score (nSPS) is 14.6. The zero-order chi connectivity index (χ0) is 10.7. The van der Waals surface area contributed by atoms with Gasteiger partial charge in [0.15, 0.2) is 0 Å². The maximum atomic E-state index is 11.0. The van der Waals surface area contributed by atoms with Crippen molar-refractivity contribution in [3.05, 3.63) is 53.6 Å². The average Bonchev–Trinajstić information content (AvgIpc) is 2.56. The zero-order valence-electron chi connectivity index (χ0n) is 8.25. The molecule has 0 saturated heterocycles. The molecule has 0 atom stereocenters. The molecule has 3 nitrogen and oxygen atoms in total. The fraction of sp³-hybridized carbons (Fsp3) is 0. The Morgan fingerprint density at radius 2 is 1.69 bits per heavy atom. The molecule has 0 bridgehead atoms. The van der Waals surface area contributed by atoms with Crippen LogP contribution in [-0.2, 0) is 14.3 Å². The van der Waals surface area contributed by atoms with E-state index >= 15 is 0 Å². The summed E-state index contributed by atoms with van der Waals surface area (Å²) in [6.07, 6.45) is 4.51. The van der Waals surface area contributed by atoms with Crippen molar-refractivity contribution >= 4 is 30.4 Å². The number of esters is 2. The highest BCUT2D eigenvalue weighted by molar-refractivity contribution is 6.10. The fourth-order valence-corrected chi connectivity index (χ4v) is 1.23. The molecule has 1 heterocycles. The van der Waals surface area contributed by atoms with Gasteiger partial charge in [0.1, 0.15) is 0 Å². The second-order valence-electron chi connectivity index (χ2n) is 3.05. The van der Waals surface area contributed by atoms with Gasteiger partial charge in [0.2, 0.25) is 0 Å². The van der Waals surface area contributed by atoms with Crippen LogP contribution >= 0.6 is 12.4 Å². The van der Waals surface area contributed by atoms with Gasteiger partial charge in [-0.25, -0.2) is 9.59 Å². The first-order valence-corrected chi connectivity index (χ1v) is 4.47. The molecule has 2 rings (SSSR count). The lowest BCUT2D eigenvalue weighted by molar-refractivity contribution is -0.150. The molecule has 1 aliphatic rings. The van der Waals surface area contributed by atoms with Crippen molar-refractivity contribution in [1.82, 2.24) is 0 Å². The largest absolute Gasteiger partial charge is 0.386 e. The summed E-state index contributed by atoms with van der Waals surface area (Å²) >= 11 is 0. The Morgan fingerprint density at radius 1 is 1.00 bits per heavy atom. The van der Waals surface area contributed by atoms with Crippen molar-refractivity contribution in [3.63, 3.8) is 0 Å². The van der Waals surface area contributed by atoms with E-state index in [0.29, 0.717) is 0 Å². The van der Waals surface area contributed by atoms with Gasteiger partial charge in [-0.15, -0.1) is 12.4 Å². The first kappa shape index (κ1) is 12.2. The number of hydrogen-bond acceptors (Lipinski definition) is 3. The first-order chi connectivity index (χ1) is 7.25. The molecule has 0 aliphatic carbocycles. The van der Waals surface area contributed by atoms with Gasteiger partial charge in [0.25, 0.3) is 0 Å². The van der Waals surface area contributed by atoms with E-state index in [0.717, 1.165) is 5.56 Å². The first-order valence-electron chi connectivity index (χ1n) is 4.47. The summed E-state index contributed by atoms with van der Waals surface area (Å²) in [6, 6.07) is 9.50. The molecular weight excluding hydrogens is 228 g/mol. The molecule has 16 heavy (non-hydrogen) atoms. The van der Waals surface area contributed by atoms with Gasteiger partial charge < -0.3 is 4.74 Å². The second kappa shape index (κ2) is 5.28. The summed E-state index contributed by atoms with van der Waals surface area (Å²) in [5, 5.41) is 0. The molecule has 0 radical (unpaired) electrons. The van der Waals surface area contributed by atoms with Crippen LogP contribution in [0.4, 0.5) is 0 Å². The summed E-state index contributed by atoms with van der Waals surface area (Å²) in [5.41, 5.74) is 1.24. The predicted octanol–water partition coefficient (Wildman–Crippen LogP) is 2.13. The van der Waals surface area contributed by atoms with Gasteiger partial charge in [-0.05, 0) is 11.6 Å². The predicted molar refractivity (Wildman–Crippen MR) is 61.9 cm³/mol. The van der Waals surface area contributed by atoms with Gasteiger partial charge >= 0.3 is 11.9 Å². The van der Waals surface area contributed by atoms with Crippen LogP contribution < -0.4 is 0 Å². The minimum absolute atomic E-state index is 0. The Hall–Kier alpha value is -1.87. The molecule has 0 aromatic heterocycles. The summed E-state index contributed by atoms with van der Waals surface area (Å²) < 4.78 is 4.34. The minimum atomic E-state index is -0.604. The second-order valence-corrected chi connectivity index (χ2v) is 3.05. The Morgan fingerprint density at radius 3 is 2.25 bits per heavy atom. The van der Waals surface area contributed by atoms with Crippen LogP contribution in [0.15, 0.2) is 48.1 Å². The third-order valence-electron chi connectivity index (χ3n) is 1.96. The highest BCUT2D eigenvalue weighted by atomic mass is 35.5. The van der Waals surface area contributed by atoms with Crippen LogP contribution in [0.25, 0.3) is 6.08 Å². The van der Waals surface area contributed by atoms with Crippen LogP contribution in [0.1, 0.15) is 5.56 Å². The molecule has 0 N–H and O–H groups in total. The van der Waals surface area contributed by atoms with E-state index < -0.39 is 11.9 Å². The highest BCUT2D eigenvalue weighted by Gasteiger charge is 2.20. The van der Waals surface area contributed by atoms with Crippen molar-refractivity contribution in [2.75, 3.05) is 0 Å². The van der Waals surface area contributed by atoms with Crippen LogP contribution in [0, 0.1) is 0 Å². The molecule has 0 unspecified atom stereocenters. The van der Waals surface area contributed by atoms with E-state index in [9.17, 15) is 9.59 Å². The number of carbonyl (C=O) groups excluding carboxylic acids is 2. The lowest BCUT2D eigenvalue weighted by Crippen LogP contribution is -2.00. The summed E-state index contributed by atoms with van der Waals surface area (Å²) in [4.78, 5) is 21.8. The van der Waals surface area contributed by atoms with Gasteiger partial charge in [-0.3, -0.25) is 0 Å². The summed E-state index contributed by atoms with van der Waals surface area (Å²) in [5.74, 6) is -1.19. The van der Waals surface area contributed by atoms with E-state index in [-0.39, 0.29) is 18.0 Å². The molecule has 0 amide bonds. The smallest absolute Gasteiger partial charge is 0.346 e. The van der Waals surface area contributed by atoms with Crippen molar-refractivity contribution < 1.29 is 14.3 Å². The fourth-order valence-electron chi connectivity index (χ4n) is 1.23. The van der Waals surface area contributed by atoms with Gasteiger partial charge in [-0.2, -0.15) is 0 Å². The standard InChI is InChI=1S/C12H8O3.ClH/c13-11-8-10(12(14)15-11)7-6-9-4-2-1-3-5-9;/h1-8H;1H. The van der Waals surface area contributed by atoms with Gasteiger partial charge in [0, 0.05) is 6.08 Å². The van der Waals surface area contributed by atoms with Gasteiger partial charge in [0.05, 0.1) is 5.57 Å². The lowest BCUT2D eigenvalue weighted by atomic mass is 10.1. The van der Waals surface area contributed by atoms with E-state index in [4.69, 9.17) is 0 Å². The zero-order valence-corrected chi connectivity index (χ0v) is 9.07. The summed E-state index contributed by atoms with van der Waals surface area (Å²) in [6.45, 7) is 0. The van der Waals surface area contributed by atoms with Crippen LogP contribution in [0.2, 0.25) is 0 Å². The number of rotatable bonds is 2. The topological polar surface area (TPSA) is 43.4 Å². The van der Waals surface area contributed by atoms with Crippen LogP contribution in [-0.4, -0.2) is 11.9 Å². The molecular formula is C12H9ClO3. The number of carbonyl (C=O) groups is 2. The Labute approximate surface area is 98.8 Å². The molecule has 0 fully saturated rings. The average molecular weight is 237 g/mol. The van der Waals surface area contributed by atoms with Crippen LogP contribution in [0.5, 0.6) is 0 Å². The molecule has 1 aromatic rings. The third-order valence-corrected chi connectivity index (χ3v) is 1.96. The molecule has 0 spiro atoms. The van der Waals surface area contributed by atoms with E-state index in [1.54, 1.807) is 12.2 Å². The molecule has 1 aromatic carbocycles. The number of hydrogen-bond donors (Lipinski definition) is 0. The maximum absolute atomic E-state index is 11.0. The third kappa shape index (κ3) is 2.81. The minimum Gasteiger partial charge on any atom is -0.386 e. The Bertz CT molecular complexity index is 460. The van der Waals surface area contributed by atoms with Crippen molar-refractivity contribution in [3.8, 4) is 0 Å². The lowest BCUT2D eigenvalue weighted by Gasteiger charge is -1.91. The Kier molecular flexibility index (Phi) is 4.03. The van der Waals surface area contributed by atoms with Crippen molar-refractivity contribution in [2.45, 2.75) is 0 Å². The number of cyclic esters (lactones) is 2.